The summed E-state index contributed by atoms with van der Waals surface area (Å²) in [5, 5.41) is 94.9. The van der Waals surface area contributed by atoms with Crippen LogP contribution in [0.5, 0.6) is 0 Å². The molecule has 1 atom stereocenters. The fourth-order valence-corrected chi connectivity index (χ4v) is 26.8. The van der Waals surface area contributed by atoms with Gasteiger partial charge < -0.3 is 0 Å². The second kappa shape index (κ2) is 6.55. The largest absolute Gasteiger partial charge is 0.295 e. The van der Waals surface area contributed by atoms with Crippen molar-refractivity contribution in [2.75, 3.05) is 13.6 Å². The number of likely N-dealkylation sites (tertiary alicyclic amines) is 1. The Morgan fingerprint density at radius 1 is 0.307 bits per heavy atom. The fraction of sp³-hybridized carbons (Fsp3) is 0.0694. The van der Waals surface area contributed by atoms with Crippen LogP contribution in [0.2, 0.25) is 0 Å². The zero-order valence-electron chi connectivity index (χ0n) is 38.7. The number of hydrogen-bond donors (Lipinski definition) is 0. The van der Waals surface area contributed by atoms with E-state index in [0.717, 1.165) is 12.2 Å². The van der Waals surface area contributed by atoms with Crippen LogP contribution in [0.1, 0.15) is 34.0 Å². The Bertz CT molecular complexity index is 7560. The zero-order chi connectivity index (χ0) is 44.7. The molecule has 3 heteroatoms. The summed E-state index contributed by atoms with van der Waals surface area (Å²) in [5.41, 5.74) is 8.74. The van der Waals surface area contributed by atoms with Gasteiger partial charge in [-0.3, -0.25) is 4.90 Å². The van der Waals surface area contributed by atoms with E-state index in [1.807, 2.05) is 0 Å². The van der Waals surface area contributed by atoms with E-state index in [4.69, 9.17) is 5.10 Å². The van der Waals surface area contributed by atoms with Gasteiger partial charge in [0.25, 0.3) is 0 Å². The number of benzene rings is 19. The van der Waals surface area contributed by atoms with Crippen LogP contribution in [0.3, 0.4) is 0 Å². The average Bonchev–Trinajstić information content (AvgIpc) is 3.63. The van der Waals surface area contributed by atoms with Gasteiger partial charge in [0.1, 0.15) is 0 Å². The molecule has 4 aliphatic carbocycles. The maximum absolute atomic E-state index is 5.39. The van der Waals surface area contributed by atoms with Gasteiger partial charge in [-0.05, 0) is 338 Å². The average molecular weight is 920 g/mol. The molecule has 29 aromatic carbocycles. The lowest BCUT2D eigenvalue weighted by atomic mass is 9.48. The molecule has 5 aliphatic rings. The summed E-state index contributed by atoms with van der Waals surface area (Å²) in [7, 11) is 2.55. The van der Waals surface area contributed by atoms with Crippen molar-refractivity contribution in [3.05, 3.63) is 70.5 Å². The standard InChI is InChI=1S/C72H13N3/c1-74-9-71-66-58-50-40-30-22-14-12-13-16-20-18(14)26-34-28(20)38-32-24(16)25-17(13)21-19-15(12)23(22)31-37-27(19)35-29(21)39-33(25)43-42(32)54-48(38)56-46(34)52(44(50)36(26)30)60(66)62(56)68-64(54)65-55(43)49(39)57-47(35)53-45(37)51(41(31)40)59(58)67(71)61(53)63(57)69(65)72(68,71)70(74)11-7-8-73-75(11)10-5-3-2-4-6-10/h2-8,70H,9H2,1H3. The normalized spacial score (nSPS) is 23.1. The Balaban J connectivity index is 1.10. The Hall–Kier alpha value is -9.15. The highest BCUT2D eigenvalue weighted by molar-refractivity contribution is 6.82. The van der Waals surface area contributed by atoms with Crippen molar-refractivity contribution >= 4 is 291 Å². The molecule has 1 unspecified atom stereocenters. The molecule has 0 radical (unpaired) electrons. The van der Waals surface area contributed by atoms with Crippen LogP contribution >= 0.6 is 0 Å². The van der Waals surface area contributed by atoms with Gasteiger partial charge in [0.05, 0.1) is 28.3 Å². The first kappa shape index (κ1) is 28.3. The molecule has 0 saturated carbocycles. The fourth-order valence-electron chi connectivity index (χ4n) is 26.8. The third-order valence-corrected chi connectivity index (χ3v) is 26.9. The quantitative estimate of drug-likeness (QED) is 0.161. The van der Waals surface area contributed by atoms with Gasteiger partial charge in [-0.1, -0.05) is 18.2 Å². The number of rotatable bonds is 2. The Labute approximate surface area is 410 Å². The van der Waals surface area contributed by atoms with E-state index in [9.17, 15) is 0 Å². The van der Waals surface area contributed by atoms with Crippen LogP contribution in [-0.2, 0) is 10.8 Å². The molecular weight excluding hydrogens is 907 g/mol. The van der Waals surface area contributed by atoms with Crippen molar-refractivity contribution in [1.29, 1.82) is 0 Å². The monoisotopic (exact) mass is 919 g/mol. The number of aromatic nitrogens is 2. The minimum Gasteiger partial charge on any atom is -0.295 e. The van der Waals surface area contributed by atoms with E-state index >= 15 is 0 Å². The molecule has 2 spiro atoms. The summed E-state index contributed by atoms with van der Waals surface area (Å²) in [6.07, 6.45) is 2.14. The minimum atomic E-state index is -0.403. The summed E-state index contributed by atoms with van der Waals surface area (Å²) in [4.78, 5) is 2.92. The molecule has 3 nitrogen and oxygen atoms in total. The Kier molecular flexibility index (Phi) is 2.48. The molecule has 0 amide bonds. The highest BCUT2D eigenvalue weighted by atomic mass is 15.3. The molecule has 0 bridgehead atoms. The lowest BCUT2D eigenvalue weighted by Crippen LogP contribution is -2.52. The Morgan fingerprint density at radius 3 is 0.813 bits per heavy atom. The first-order valence-corrected chi connectivity index (χ1v) is 27.9. The molecule has 1 aliphatic heterocycles. The van der Waals surface area contributed by atoms with Gasteiger partial charge in [-0.2, -0.15) is 5.10 Å². The molecular formula is C72H13N3. The van der Waals surface area contributed by atoms with E-state index < -0.39 is 5.41 Å². The van der Waals surface area contributed by atoms with Gasteiger partial charge in [0.15, 0.2) is 0 Å². The van der Waals surface area contributed by atoms with Gasteiger partial charge in [0.2, 0.25) is 0 Å². The summed E-state index contributed by atoms with van der Waals surface area (Å²) >= 11 is 0. The number of nitrogens with zero attached hydrogens (tertiary/aromatic N) is 3. The van der Waals surface area contributed by atoms with E-state index in [1.54, 1.807) is 313 Å². The van der Waals surface area contributed by atoms with Crippen LogP contribution in [0.25, 0.3) is 297 Å². The van der Waals surface area contributed by atoms with E-state index in [2.05, 4.69) is 59.2 Å². The summed E-state index contributed by atoms with van der Waals surface area (Å²) in [5.74, 6) is 0. The maximum Gasteiger partial charge on any atom is 0.0672 e. The highest BCUT2D eigenvalue weighted by Crippen LogP contribution is 2.87. The highest BCUT2D eigenvalue weighted by Gasteiger charge is 2.76. The minimum absolute atomic E-state index is 0.0379. The van der Waals surface area contributed by atoms with Crippen molar-refractivity contribution < 1.29 is 0 Å². The van der Waals surface area contributed by atoms with Crippen molar-refractivity contribution in [2.45, 2.75) is 16.9 Å². The van der Waals surface area contributed by atoms with E-state index in [-0.39, 0.29) is 11.5 Å². The zero-order valence-corrected chi connectivity index (χ0v) is 38.7. The van der Waals surface area contributed by atoms with Crippen LogP contribution in [0.15, 0.2) is 42.6 Å². The molecule has 30 aromatic rings. The number of likely N-dealkylation sites (N-methyl/N-ethyl adjacent to an activating group) is 1. The van der Waals surface area contributed by atoms with E-state index in [1.165, 1.54) is 5.69 Å². The van der Waals surface area contributed by atoms with Crippen molar-refractivity contribution in [1.82, 2.24) is 14.7 Å². The van der Waals surface area contributed by atoms with Crippen LogP contribution in [0, 0.1) is 0 Å². The predicted octanol–water partition coefficient (Wildman–Crippen LogP) is 18.2. The smallest absolute Gasteiger partial charge is 0.0672 e. The first-order valence-electron chi connectivity index (χ1n) is 27.9. The van der Waals surface area contributed by atoms with Crippen LogP contribution in [0.4, 0.5) is 0 Å². The first-order chi connectivity index (χ1) is 37.3. The third-order valence-electron chi connectivity index (χ3n) is 26.9. The molecule has 2 heterocycles. The lowest BCUT2D eigenvalue weighted by Gasteiger charge is -2.52. The van der Waals surface area contributed by atoms with Gasteiger partial charge in [0, 0.05) is 12.7 Å². The molecule has 35 rings (SSSR count). The van der Waals surface area contributed by atoms with Crippen molar-refractivity contribution in [3.63, 3.8) is 0 Å². The molecule has 75 heavy (non-hydrogen) atoms. The predicted molar refractivity (Wildman–Crippen MR) is 313 cm³/mol. The maximum atomic E-state index is 5.39. The molecule has 0 N–H and O–H groups in total. The molecule has 1 saturated heterocycles. The topological polar surface area (TPSA) is 21.1 Å². The third kappa shape index (κ3) is 1.56. The van der Waals surface area contributed by atoms with Gasteiger partial charge >= 0.3 is 0 Å². The lowest BCUT2D eigenvalue weighted by molar-refractivity contribution is 0.261. The van der Waals surface area contributed by atoms with Crippen LogP contribution < -0.4 is 0 Å². The second-order valence-electron chi connectivity index (χ2n) is 27.3. The Morgan fingerprint density at radius 2 is 0.547 bits per heavy atom. The number of para-hydroxylation sites is 1. The SMILES string of the molecule is CN1CC23c4c5c6c7c8c9c(c%10c%11c2c2c4c4c%12c5c5c6c6c8c8c%13c9c9c%10c%10c%11c%11c2c2c4c4c%12c%12c5c5c6c8c6c8c%13c9c9c%10c%10c%11c2c2c4c4c%12c5c6c5c8c9c%10c2c45)C73C1c1ccnn1-c1ccccc1. The summed E-state index contributed by atoms with van der Waals surface area (Å²) < 4.78 is 2.38. The number of hydrogen-bond acceptors (Lipinski definition) is 2. The molecule has 1 fully saturated rings. The summed E-state index contributed by atoms with van der Waals surface area (Å²) in [6.45, 7) is 0.993. The van der Waals surface area contributed by atoms with Crippen molar-refractivity contribution in [2.24, 2.45) is 0 Å². The summed E-state index contributed by atoms with van der Waals surface area (Å²) in [6, 6.07) is 13.7. The van der Waals surface area contributed by atoms with Crippen LogP contribution in [-0.4, -0.2) is 28.3 Å². The second-order valence-corrected chi connectivity index (χ2v) is 27.3. The molecule has 1 aromatic heterocycles. The van der Waals surface area contributed by atoms with Gasteiger partial charge in [-0.25, -0.2) is 4.68 Å². The molecule has 316 valence electrons. The van der Waals surface area contributed by atoms with Gasteiger partial charge in [-0.15, -0.1) is 0 Å². The van der Waals surface area contributed by atoms with E-state index in [0.29, 0.717) is 0 Å². The van der Waals surface area contributed by atoms with Crippen molar-refractivity contribution in [3.8, 4) is 5.69 Å².